The molecule has 1 amide bonds. The van der Waals surface area contributed by atoms with Crippen molar-refractivity contribution in [2.24, 2.45) is 5.41 Å². The van der Waals surface area contributed by atoms with Gasteiger partial charge in [-0.2, -0.15) is 0 Å². The maximum Gasteiger partial charge on any atom is 0.330 e. The van der Waals surface area contributed by atoms with Crippen LogP contribution in [0.4, 0.5) is 11.5 Å². The smallest absolute Gasteiger partial charge is 0.330 e. The zero-order valence-corrected chi connectivity index (χ0v) is 14.7. The van der Waals surface area contributed by atoms with Crippen LogP contribution in [0.15, 0.2) is 9.59 Å². The van der Waals surface area contributed by atoms with Gasteiger partial charge in [-0.25, -0.2) is 4.79 Å². The first-order chi connectivity index (χ1) is 10.6. The third-order valence-corrected chi connectivity index (χ3v) is 3.52. The van der Waals surface area contributed by atoms with Gasteiger partial charge < -0.3 is 10.6 Å². The van der Waals surface area contributed by atoms with Gasteiger partial charge in [0.15, 0.2) is 5.69 Å². The largest absolute Gasteiger partial charge is 0.383 e. The lowest BCUT2D eigenvalue weighted by Gasteiger charge is -2.26. The second-order valence-corrected chi connectivity index (χ2v) is 6.87. The summed E-state index contributed by atoms with van der Waals surface area (Å²) in [7, 11) is 0. The summed E-state index contributed by atoms with van der Waals surface area (Å²) in [4.78, 5) is 40.3. The summed E-state index contributed by atoms with van der Waals surface area (Å²) in [5.41, 5.74) is 4.76. The maximum atomic E-state index is 12.5. The highest BCUT2D eigenvalue weighted by Crippen LogP contribution is 2.23. The summed E-state index contributed by atoms with van der Waals surface area (Å²) in [5.74, 6) is -0.130. The van der Waals surface area contributed by atoms with Crippen molar-refractivity contribution < 1.29 is 4.79 Å². The number of nitrogen functional groups attached to an aromatic ring is 1. The summed E-state index contributed by atoms with van der Waals surface area (Å²) in [6.45, 7) is 10.4. The summed E-state index contributed by atoms with van der Waals surface area (Å²) < 4.78 is 1.33. The van der Waals surface area contributed by atoms with Gasteiger partial charge in [-0.1, -0.05) is 34.1 Å². The van der Waals surface area contributed by atoms with Crippen LogP contribution in [0.3, 0.4) is 0 Å². The number of aromatic amines is 1. The number of amides is 1. The van der Waals surface area contributed by atoms with E-state index in [1.807, 2.05) is 27.7 Å². The second-order valence-electron chi connectivity index (χ2n) is 6.87. The molecule has 0 bridgehead atoms. The van der Waals surface area contributed by atoms with Crippen LogP contribution in [0.2, 0.25) is 0 Å². The standard InChI is InChI=1S/C16H28N4O3/c1-6-8-9-20-13(17)12(14(22)18-15(20)23)19(7-2)11(21)10-16(3,4)5/h6-10,17H2,1-5H3,(H,18,22,23). The van der Waals surface area contributed by atoms with E-state index in [1.165, 1.54) is 9.47 Å². The van der Waals surface area contributed by atoms with Gasteiger partial charge in [-0.15, -0.1) is 0 Å². The Labute approximate surface area is 136 Å². The lowest BCUT2D eigenvalue weighted by atomic mass is 9.91. The van der Waals surface area contributed by atoms with Gasteiger partial charge in [-0.05, 0) is 18.8 Å². The van der Waals surface area contributed by atoms with Gasteiger partial charge >= 0.3 is 5.69 Å². The van der Waals surface area contributed by atoms with Crippen molar-refractivity contribution in [1.82, 2.24) is 9.55 Å². The molecule has 7 heteroatoms. The molecule has 0 aliphatic carbocycles. The molecule has 0 spiro atoms. The molecule has 0 atom stereocenters. The average molecular weight is 324 g/mol. The van der Waals surface area contributed by atoms with Crippen LogP contribution >= 0.6 is 0 Å². The summed E-state index contributed by atoms with van der Waals surface area (Å²) in [6.07, 6.45) is 1.94. The zero-order valence-electron chi connectivity index (χ0n) is 14.7. The predicted octanol–water partition coefficient (Wildman–Crippen LogP) is 1.71. The molecule has 0 aliphatic rings. The van der Waals surface area contributed by atoms with Crippen LogP contribution < -0.4 is 21.9 Å². The normalized spacial score (nSPS) is 11.5. The van der Waals surface area contributed by atoms with Crippen molar-refractivity contribution in [3.05, 3.63) is 20.8 Å². The Bertz CT molecular complexity index is 667. The van der Waals surface area contributed by atoms with Gasteiger partial charge in [0.25, 0.3) is 5.56 Å². The topological polar surface area (TPSA) is 101 Å². The molecule has 0 aliphatic heterocycles. The second kappa shape index (κ2) is 7.48. The highest BCUT2D eigenvalue weighted by atomic mass is 16.2. The molecule has 1 heterocycles. The van der Waals surface area contributed by atoms with Crippen molar-refractivity contribution in [2.45, 2.75) is 60.4 Å². The monoisotopic (exact) mass is 324 g/mol. The molecular formula is C16H28N4O3. The van der Waals surface area contributed by atoms with E-state index >= 15 is 0 Å². The number of unbranched alkanes of at least 4 members (excludes halogenated alkanes) is 1. The molecule has 0 radical (unpaired) electrons. The molecule has 7 nitrogen and oxygen atoms in total. The fourth-order valence-corrected chi connectivity index (χ4v) is 2.38. The van der Waals surface area contributed by atoms with Gasteiger partial charge in [0.05, 0.1) is 0 Å². The number of hydrogen-bond acceptors (Lipinski definition) is 4. The minimum atomic E-state index is -0.621. The highest BCUT2D eigenvalue weighted by molar-refractivity contribution is 5.95. The summed E-state index contributed by atoms with van der Waals surface area (Å²) >= 11 is 0. The van der Waals surface area contributed by atoms with Gasteiger partial charge in [0, 0.05) is 19.5 Å². The highest BCUT2D eigenvalue weighted by Gasteiger charge is 2.26. The first-order valence-corrected chi connectivity index (χ1v) is 8.05. The Kier molecular flexibility index (Phi) is 6.18. The van der Waals surface area contributed by atoms with E-state index in [-0.39, 0.29) is 29.2 Å². The van der Waals surface area contributed by atoms with E-state index in [1.54, 1.807) is 6.92 Å². The van der Waals surface area contributed by atoms with Crippen molar-refractivity contribution in [2.75, 3.05) is 17.2 Å². The minimum Gasteiger partial charge on any atom is -0.383 e. The lowest BCUT2D eigenvalue weighted by molar-refractivity contribution is -0.120. The average Bonchev–Trinajstić information content (AvgIpc) is 2.40. The molecular weight excluding hydrogens is 296 g/mol. The van der Waals surface area contributed by atoms with Crippen molar-refractivity contribution in [1.29, 1.82) is 0 Å². The number of carbonyl (C=O) groups excluding carboxylic acids is 1. The van der Waals surface area contributed by atoms with Gasteiger partial charge in [0.1, 0.15) is 5.82 Å². The number of nitrogens with one attached hydrogen (secondary N) is 1. The number of rotatable bonds is 6. The number of nitrogens with two attached hydrogens (primary N) is 1. The fraction of sp³-hybridized carbons (Fsp3) is 0.688. The SMILES string of the molecule is CCCCn1c(N)c(N(CC)C(=O)CC(C)(C)C)c(=O)[nH]c1=O. The molecule has 0 saturated carbocycles. The van der Waals surface area contributed by atoms with E-state index in [0.29, 0.717) is 13.1 Å². The molecule has 23 heavy (non-hydrogen) atoms. The van der Waals surface area contributed by atoms with E-state index < -0.39 is 11.2 Å². The number of nitrogens with zero attached hydrogens (tertiary/aromatic N) is 2. The number of hydrogen-bond donors (Lipinski definition) is 2. The molecule has 1 aromatic rings. The minimum absolute atomic E-state index is 0.0521. The third-order valence-electron chi connectivity index (χ3n) is 3.52. The molecule has 0 fully saturated rings. The van der Waals surface area contributed by atoms with Crippen LogP contribution in [0.5, 0.6) is 0 Å². The molecule has 0 aromatic carbocycles. The Morgan fingerprint density at radius 3 is 2.35 bits per heavy atom. The van der Waals surface area contributed by atoms with Gasteiger partial charge in [0.2, 0.25) is 5.91 Å². The first-order valence-electron chi connectivity index (χ1n) is 8.05. The van der Waals surface area contributed by atoms with E-state index in [9.17, 15) is 14.4 Å². The lowest BCUT2D eigenvalue weighted by Crippen LogP contribution is -2.42. The van der Waals surface area contributed by atoms with Crippen LogP contribution in [0.25, 0.3) is 0 Å². The Balaban J connectivity index is 3.36. The fourth-order valence-electron chi connectivity index (χ4n) is 2.38. The molecule has 3 N–H and O–H groups in total. The van der Waals surface area contributed by atoms with Crippen LogP contribution in [0.1, 0.15) is 53.9 Å². The molecule has 0 unspecified atom stereocenters. The van der Waals surface area contributed by atoms with Crippen LogP contribution in [-0.4, -0.2) is 22.0 Å². The van der Waals surface area contributed by atoms with E-state index in [4.69, 9.17) is 5.73 Å². The van der Waals surface area contributed by atoms with Crippen molar-refractivity contribution >= 4 is 17.4 Å². The van der Waals surface area contributed by atoms with E-state index in [0.717, 1.165) is 12.8 Å². The number of H-pyrrole nitrogens is 1. The van der Waals surface area contributed by atoms with Crippen molar-refractivity contribution in [3.63, 3.8) is 0 Å². The quantitative estimate of drug-likeness (QED) is 0.831. The van der Waals surface area contributed by atoms with E-state index in [2.05, 4.69) is 4.98 Å². The summed E-state index contributed by atoms with van der Waals surface area (Å²) in [6, 6.07) is 0. The number of aromatic nitrogens is 2. The zero-order chi connectivity index (χ0) is 17.8. The molecule has 1 aromatic heterocycles. The Morgan fingerprint density at radius 2 is 1.87 bits per heavy atom. The van der Waals surface area contributed by atoms with Crippen molar-refractivity contribution in [3.8, 4) is 0 Å². The molecule has 130 valence electrons. The predicted molar refractivity (Wildman–Crippen MR) is 92.7 cm³/mol. The molecule has 0 saturated heterocycles. The Morgan fingerprint density at radius 1 is 1.26 bits per heavy atom. The first kappa shape index (κ1) is 19.0. The van der Waals surface area contributed by atoms with Crippen LogP contribution in [0, 0.1) is 5.41 Å². The maximum absolute atomic E-state index is 12.5. The molecule has 1 rings (SSSR count). The number of anilines is 2. The Hall–Kier alpha value is -2.05. The van der Waals surface area contributed by atoms with Gasteiger partial charge in [-0.3, -0.25) is 19.1 Å². The number of carbonyl (C=O) groups is 1. The summed E-state index contributed by atoms with van der Waals surface area (Å²) in [5, 5.41) is 0. The third kappa shape index (κ3) is 4.71. The van der Waals surface area contributed by atoms with Crippen LogP contribution in [-0.2, 0) is 11.3 Å².